The molecule has 0 radical (unpaired) electrons. The molecule has 3 nitrogen and oxygen atoms in total. The highest BCUT2D eigenvalue weighted by molar-refractivity contribution is 6.31. The summed E-state index contributed by atoms with van der Waals surface area (Å²) in [5, 5.41) is 12.6. The van der Waals surface area contributed by atoms with Crippen LogP contribution in [0.25, 0.3) is 98.3 Å². The van der Waals surface area contributed by atoms with Gasteiger partial charge in [-0.1, -0.05) is 91.0 Å². The highest BCUT2D eigenvalue weighted by atomic mass is 16.3. The van der Waals surface area contributed by atoms with Crippen molar-refractivity contribution in [2.24, 2.45) is 0 Å². The van der Waals surface area contributed by atoms with Gasteiger partial charge in [0.15, 0.2) is 0 Å². The van der Waals surface area contributed by atoms with Crippen molar-refractivity contribution in [3.8, 4) is 5.69 Å². The van der Waals surface area contributed by atoms with E-state index in [0.717, 1.165) is 27.6 Å². The number of furan rings is 1. The highest BCUT2D eigenvalue weighted by Crippen LogP contribution is 2.44. The van der Waals surface area contributed by atoms with E-state index in [2.05, 4.69) is 130 Å². The van der Waals surface area contributed by atoms with Crippen LogP contribution in [0.15, 0.2) is 138 Å². The Morgan fingerprint density at radius 2 is 1.00 bits per heavy atom. The van der Waals surface area contributed by atoms with Crippen molar-refractivity contribution in [2.45, 2.75) is 0 Å². The van der Waals surface area contributed by atoms with E-state index in [-0.39, 0.29) is 0 Å². The zero-order chi connectivity index (χ0) is 27.8. The van der Waals surface area contributed by atoms with Gasteiger partial charge in [0.05, 0.1) is 27.6 Å². The van der Waals surface area contributed by atoms with Crippen LogP contribution in [0.1, 0.15) is 0 Å². The van der Waals surface area contributed by atoms with Crippen LogP contribution >= 0.6 is 0 Å². The largest absolute Gasteiger partial charge is 0.456 e. The maximum absolute atomic E-state index is 6.19. The van der Waals surface area contributed by atoms with E-state index in [0.29, 0.717) is 0 Å². The SMILES string of the molecule is c1ccc2c(c1)oc1ccc(-n3c4ccccc4c4ccc5c(ccc6c5c5cccc7c8ccccc8n6c75)c43)cc12. The number of fused-ring (bicyclic) bond motifs is 15. The zero-order valence-electron chi connectivity index (χ0n) is 23.0. The molecule has 4 heterocycles. The molecular formula is C40H22N2O. The number of rotatable bonds is 1. The Labute approximate surface area is 244 Å². The van der Waals surface area contributed by atoms with Crippen LogP contribution in [-0.2, 0) is 0 Å². The van der Waals surface area contributed by atoms with Gasteiger partial charge in [-0.05, 0) is 47.9 Å². The van der Waals surface area contributed by atoms with Gasteiger partial charge in [-0.25, -0.2) is 0 Å². The molecule has 0 spiro atoms. The fourth-order valence-corrected chi connectivity index (χ4v) is 7.91. The molecule has 4 aromatic heterocycles. The van der Waals surface area contributed by atoms with Gasteiger partial charge in [-0.2, -0.15) is 0 Å². The second-order valence-corrected chi connectivity index (χ2v) is 11.7. The van der Waals surface area contributed by atoms with Gasteiger partial charge in [0, 0.05) is 54.2 Å². The molecule has 0 fully saturated rings. The molecular weight excluding hydrogens is 524 g/mol. The molecule has 0 aliphatic carbocycles. The van der Waals surface area contributed by atoms with Crippen molar-refractivity contribution in [3.05, 3.63) is 133 Å². The zero-order valence-corrected chi connectivity index (χ0v) is 23.0. The van der Waals surface area contributed by atoms with Gasteiger partial charge in [0.1, 0.15) is 11.2 Å². The summed E-state index contributed by atoms with van der Waals surface area (Å²) in [6.45, 7) is 0. The summed E-state index contributed by atoms with van der Waals surface area (Å²) in [6.07, 6.45) is 0. The molecule has 3 heteroatoms. The molecule has 7 aromatic carbocycles. The number of hydrogen-bond acceptors (Lipinski definition) is 1. The number of benzene rings is 7. The van der Waals surface area contributed by atoms with Gasteiger partial charge in [0.25, 0.3) is 0 Å². The van der Waals surface area contributed by atoms with Crippen LogP contribution < -0.4 is 0 Å². The first-order valence-corrected chi connectivity index (χ1v) is 14.8. The summed E-state index contributed by atoms with van der Waals surface area (Å²) in [6, 6.07) is 48.6. The standard InChI is InChI=1S/C40H22N2O/c1-4-13-33-25(9-1)29-18-17-27-30(39(29)41(33)23-16-21-37-32(22-23)26-10-3-6-15-36(26)43-37)19-20-35-38(27)31-12-7-11-28-24-8-2-5-14-34(24)42(35)40(28)31/h1-22H. The molecule has 198 valence electrons. The van der Waals surface area contributed by atoms with Gasteiger partial charge >= 0.3 is 0 Å². The number of aromatic nitrogens is 2. The summed E-state index contributed by atoms with van der Waals surface area (Å²) in [7, 11) is 0. The van der Waals surface area contributed by atoms with Crippen molar-refractivity contribution < 1.29 is 4.42 Å². The monoisotopic (exact) mass is 546 g/mol. The lowest BCUT2D eigenvalue weighted by Crippen LogP contribution is -1.94. The first-order chi connectivity index (χ1) is 21.3. The van der Waals surface area contributed by atoms with Crippen LogP contribution in [0.5, 0.6) is 0 Å². The quantitative estimate of drug-likeness (QED) is 0.201. The third-order valence-corrected chi connectivity index (χ3v) is 9.63. The maximum Gasteiger partial charge on any atom is 0.135 e. The summed E-state index contributed by atoms with van der Waals surface area (Å²) in [5.74, 6) is 0. The van der Waals surface area contributed by atoms with Crippen LogP contribution in [0, 0.1) is 0 Å². The first-order valence-electron chi connectivity index (χ1n) is 14.8. The summed E-state index contributed by atoms with van der Waals surface area (Å²) in [4.78, 5) is 0. The Bertz CT molecular complexity index is 2950. The van der Waals surface area contributed by atoms with Crippen molar-refractivity contribution in [1.29, 1.82) is 0 Å². The Kier molecular flexibility index (Phi) is 3.83. The van der Waals surface area contributed by atoms with E-state index in [1.807, 2.05) is 12.1 Å². The minimum atomic E-state index is 0.913. The third kappa shape index (κ3) is 2.58. The summed E-state index contributed by atoms with van der Waals surface area (Å²) < 4.78 is 11.1. The molecule has 0 unspecified atom stereocenters. The molecule has 11 rings (SSSR count). The minimum Gasteiger partial charge on any atom is -0.456 e. The number of nitrogens with zero attached hydrogens (tertiary/aromatic N) is 2. The second kappa shape index (κ2) is 7.53. The molecule has 0 N–H and O–H groups in total. The van der Waals surface area contributed by atoms with Gasteiger partial charge in [0.2, 0.25) is 0 Å². The van der Waals surface area contributed by atoms with E-state index in [9.17, 15) is 0 Å². The van der Waals surface area contributed by atoms with Crippen LogP contribution in [0.2, 0.25) is 0 Å². The topological polar surface area (TPSA) is 22.5 Å². The predicted octanol–water partition coefficient (Wildman–Crippen LogP) is 11.0. The van der Waals surface area contributed by atoms with Gasteiger partial charge in [-0.3, -0.25) is 0 Å². The van der Waals surface area contributed by atoms with E-state index in [1.165, 1.54) is 70.7 Å². The Balaban J connectivity index is 1.33. The van der Waals surface area contributed by atoms with Crippen LogP contribution in [0.4, 0.5) is 0 Å². The average molecular weight is 547 g/mol. The number of hydrogen-bond donors (Lipinski definition) is 0. The average Bonchev–Trinajstić information content (AvgIpc) is 3.80. The second-order valence-electron chi connectivity index (χ2n) is 11.7. The number of para-hydroxylation sites is 4. The fraction of sp³-hybridized carbons (Fsp3) is 0. The smallest absolute Gasteiger partial charge is 0.135 e. The molecule has 0 aliphatic rings. The van der Waals surface area contributed by atoms with Gasteiger partial charge in [-0.15, -0.1) is 0 Å². The summed E-state index contributed by atoms with van der Waals surface area (Å²) >= 11 is 0. The van der Waals surface area contributed by atoms with Crippen molar-refractivity contribution in [3.63, 3.8) is 0 Å². The minimum absolute atomic E-state index is 0.913. The molecule has 0 atom stereocenters. The molecule has 0 amide bonds. The van der Waals surface area contributed by atoms with Crippen molar-refractivity contribution in [2.75, 3.05) is 0 Å². The third-order valence-electron chi connectivity index (χ3n) is 9.63. The molecule has 0 saturated carbocycles. The summed E-state index contributed by atoms with van der Waals surface area (Å²) in [5.41, 5.74) is 9.24. The molecule has 0 aliphatic heterocycles. The molecule has 0 bridgehead atoms. The molecule has 43 heavy (non-hydrogen) atoms. The van der Waals surface area contributed by atoms with E-state index < -0.39 is 0 Å². The normalized spacial score (nSPS) is 12.7. The Morgan fingerprint density at radius 1 is 0.372 bits per heavy atom. The van der Waals surface area contributed by atoms with Gasteiger partial charge < -0.3 is 13.4 Å². The molecule has 11 aromatic rings. The van der Waals surface area contributed by atoms with E-state index in [1.54, 1.807) is 0 Å². The lowest BCUT2D eigenvalue weighted by molar-refractivity contribution is 0.669. The first kappa shape index (κ1) is 21.9. The maximum atomic E-state index is 6.19. The predicted molar refractivity (Wildman–Crippen MR) is 180 cm³/mol. The van der Waals surface area contributed by atoms with Crippen molar-refractivity contribution >= 4 is 92.6 Å². The lowest BCUT2D eigenvalue weighted by atomic mass is 10.00. The lowest BCUT2D eigenvalue weighted by Gasteiger charge is -2.11. The highest BCUT2D eigenvalue weighted by Gasteiger charge is 2.21. The Hall–Kier alpha value is -5.80. The van der Waals surface area contributed by atoms with E-state index in [4.69, 9.17) is 4.42 Å². The molecule has 0 saturated heterocycles. The van der Waals surface area contributed by atoms with E-state index >= 15 is 0 Å². The fourth-order valence-electron chi connectivity index (χ4n) is 7.91. The van der Waals surface area contributed by atoms with Crippen LogP contribution in [-0.4, -0.2) is 8.97 Å². The Morgan fingerprint density at radius 3 is 1.91 bits per heavy atom. The van der Waals surface area contributed by atoms with Crippen molar-refractivity contribution in [1.82, 2.24) is 8.97 Å². The van der Waals surface area contributed by atoms with Crippen LogP contribution in [0.3, 0.4) is 0 Å².